The van der Waals surface area contributed by atoms with Gasteiger partial charge in [0.25, 0.3) is 0 Å². The van der Waals surface area contributed by atoms with Crippen molar-refractivity contribution in [3.8, 4) is 17.2 Å². The minimum absolute atomic E-state index is 0.0939. The second-order valence-corrected chi connectivity index (χ2v) is 29.5. The van der Waals surface area contributed by atoms with E-state index < -0.39 is 0 Å². The standard InChI is InChI=1S/C22H36O2.2C22H36O.C14H20O2/c1-5-7-8-13-22(3,4)17-10-12-19(21(24)14-17)20-15-18(23)11-9-16(20)6-2;1-5-7-8-14-22(3,4)19-12-13-21(17(6-2)15-19)18-10-9-11-20(23)16-18;1-5-7-8-14-22(3,4)19-12-13-20(21(23)16-19)18-11-9-10-17(6-2)15-18;1-2-10-6-7-13(14(16)8-10)11-4-3-5-12(15)9-11/h10,12,14,16,18,20,23-24H,5-9,11,13,15H2,1-4H3;12-13,15,18,20,23H,5-11,14,16H2,1-4H3;12-13,16-18,23H,5-11,14-15H2,1-4H3;6-8,11-12,15-16H,2-5,9H2,1H3. The van der Waals surface area contributed by atoms with Gasteiger partial charge >= 0.3 is 0 Å². The van der Waals surface area contributed by atoms with Gasteiger partial charge in [-0.2, -0.15) is 0 Å². The predicted octanol–water partition coefficient (Wildman–Crippen LogP) is 21.9. The van der Waals surface area contributed by atoms with E-state index in [1.807, 2.05) is 18.2 Å². The molecule has 6 N–H and O–H groups in total. The number of rotatable bonds is 23. The normalized spacial score (nSPS) is 23.7. The molecule has 8 rings (SSSR count). The molecule has 484 valence electrons. The first-order chi connectivity index (χ1) is 41.0. The quantitative estimate of drug-likeness (QED) is 0.0412. The number of unbranched alkanes of at least 4 members (excludes halogenated alkanes) is 6. The SMILES string of the molecule is CCCCCC(C)(C)c1ccc(C2CC(O)CCC2CC)c(O)c1.CCCCCC(C)(C)c1ccc(C2CCCC(CC)C2)c(O)c1.CCCCCC(C)(C)c1ccc(C2CCCC(O)C2)c(CC)c1.CCc1ccc(C2CCCC(O)C2)c(O)c1. The molecule has 0 aliphatic heterocycles. The number of aliphatic hydroxyl groups is 3. The Kier molecular flexibility index (Phi) is 30.6. The number of aromatic hydroxyl groups is 3. The fourth-order valence-corrected chi connectivity index (χ4v) is 15.3. The molecule has 0 radical (unpaired) electrons. The maximum absolute atomic E-state index is 10.7. The molecule has 6 nitrogen and oxygen atoms in total. The number of phenolic OH excluding ortho intramolecular Hbond substituents is 3. The van der Waals surface area contributed by atoms with E-state index in [0.29, 0.717) is 40.9 Å². The Morgan fingerprint density at radius 3 is 1.23 bits per heavy atom. The van der Waals surface area contributed by atoms with Crippen LogP contribution in [-0.4, -0.2) is 49.0 Å². The Hall–Kier alpha value is -3.84. The van der Waals surface area contributed by atoms with Gasteiger partial charge in [-0.15, -0.1) is 0 Å². The summed E-state index contributed by atoms with van der Waals surface area (Å²) in [6.07, 6.45) is 35.2. The van der Waals surface area contributed by atoms with Crippen LogP contribution in [0.2, 0.25) is 0 Å². The third-order valence-corrected chi connectivity index (χ3v) is 21.5. The van der Waals surface area contributed by atoms with Gasteiger partial charge in [-0.25, -0.2) is 0 Å². The smallest absolute Gasteiger partial charge is 0.119 e. The molecule has 0 spiro atoms. The average molecular weight is 1190 g/mol. The van der Waals surface area contributed by atoms with Gasteiger partial charge in [0.2, 0.25) is 0 Å². The van der Waals surface area contributed by atoms with Crippen molar-refractivity contribution < 1.29 is 30.6 Å². The van der Waals surface area contributed by atoms with Gasteiger partial charge in [0.05, 0.1) is 18.3 Å². The third-order valence-electron chi connectivity index (χ3n) is 21.5. The Labute approximate surface area is 527 Å². The lowest BCUT2D eigenvalue weighted by atomic mass is 9.72. The summed E-state index contributed by atoms with van der Waals surface area (Å²) in [6, 6.07) is 26.0. The van der Waals surface area contributed by atoms with E-state index in [1.54, 1.807) is 0 Å². The van der Waals surface area contributed by atoms with Gasteiger partial charge < -0.3 is 30.6 Å². The van der Waals surface area contributed by atoms with Gasteiger partial charge in [0.15, 0.2) is 0 Å². The molecule has 0 saturated heterocycles. The van der Waals surface area contributed by atoms with Crippen molar-refractivity contribution in [2.24, 2.45) is 11.8 Å². The molecule has 4 aromatic rings. The van der Waals surface area contributed by atoms with Crippen LogP contribution in [0.15, 0.2) is 72.8 Å². The molecule has 0 amide bonds. The summed E-state index contributed by atoms with van der Waals surface area (Å²) in [5, 5.41) is 61.0. The summed E-state index contributed by atoms with van der Waals surface area (Å²) >= 11 is 0. The fourth-order valence-electron chi connectivity index (χ4n) is 15.3. The molecular weight excluding hydrogens is 1060 g/mol. The minimum atomic E-state index is -0.220. The van der Waals surface area contributed by atoms with Crippen LogP contribution in [0.4, 0.5) is 0 Å². The molecule has 4 aromatic carbocycles. The molecule has 0 heterocycles. The van der Waals surface area contributed by atoms with E-state index >= 15 is 0 Å². The lowest BCUT2D eigenvalue weighted by Crippen LogP contribution is -2.26. The number of hydrogen-bond donors (Lipinski definition) is 6. The van der Waals surface area contributed by atoms with E-state index in [-0.39, 0.29) is 40.5 Å². The molecule has 0 aromatic heterocycles. The number of hydrogen-bond acceptors (Lipinski definition) is 6. The summed E-state index contributed by atoms with van der Waals surface area (Å²) < 4.78 is 0. The molecule has 86 heavy (non-hydrogen) atoms. The lowest BCUT2D eigenvalue weighted by molar-refractivity contribution is 0.0918. The van der Waals surface area contributed by atoms with Crippen LogP contribution in [0.5, 0.6) is 17.2 Å². The number of phenols is 3. The molecule has 0 bridgehead atoms. The molecule has 4 aliphatic carbocycles. The van der Waals surface area contributed by atoms with Gasteiger partial charge in [0, 0.05) is 0 Å². The first-order valence-electron chi connectivity index (χ1n) is 35.7. The summed E-state index contributed by atoms with van der Waals surface area (Å²) in [5.41, 5.74) is 11.9. The maximum Gasteiger partial charge on any atom is 0.119 e. The van der Waals surface area contributed by atoms with Crippen molar-refractivity contribution in [1.82, 2.24) is 0 Å². The van der Waals surface area contributed by atoms with E-state index in [9.17, 15) is 30.6 Å². The Morgan fingerprint density at radius 2 is 0.802 bits per heavy atom. The maximum atomic E-state index is 10.7. The van der Waals surface area contributed by atoms with E-state index in [0.717, 1.165) is 106 Å². The first kappa shape index (κ1) is 72.9. The second kappa shape index (κ2) is 36.1. The first-order valence-corrected chi connectivity index (χ1v) is 35.7. The topological polar surface area (TPSA) is 121 Å². The van der Waals surface area contributed by atoms with E-state index in [1.165, 1.54) is 149 Å². The number of aliphatic hydroxyl groups excluding tert-OH is 3. The number of aryl methyl sites for hydroxylation is 2. The number of benzene rings is 4. The van der Waals surface area contributed by atoms with Crippen molar-refractivity contribution in [2.75, 3.05) is 0 Å². The zero-order valence-corrected chi connectivity index (χ0v) is 57.2. The third kappa shape index (κ3) is 22.0. The van der Waals surface area contributed by atoms with Crippen LogP contribution >= 0.6 is 0 Å². The average Bonchev–Trinajstić information content (AvgIpc) is 1.23. The minimum Gasteiger partial charge on any atom is -0.508 e. The zero-order chi connectivity index (χ0) is 63.0. The van der Waals surface area contributed by atoms with Gasteiger partial charge in [-0.1, -0.05) is 241 Å². The fraction of sp³-hybridized carbons (Fsp3) is 0.700. The van der Waals surface area contributed by atoms with Gasteiger partial charge in [0.1, 0.15) is 17.2 Å². The molecule has 6 heteroatoms. The van der Waals surface area contributed by atoms with Crippen molar-refractivity contribution in [2.45, 2.75) is 347 Å². The lowest BCUT2D eigenvalue weighted by Gasteiger charge is -2.35. The highest BCUT2D eigenvalue weighted by Gasteiger charge is 2.33. The molecular formula is C80H128O6. The Morgan fingerprint density at radius 1 is 0.384 bits per heavy atom. The monoisotopic (exact) mass is 1180 g/mol. The predicted molar refractivity (Wildman–Crippen MR) is 367 cm³/mol. The molecule has 9 atom stereocenters. The molecule has 4 fully saturated rings. The van der Waals surface area contributed by atoms with Gasteiger partial charge in [-0.3, -0.25) is 0 Å². The largest absolute Gasteiger partial charge is 0.508 e. The second-order valence-electron chi connectivity index (χ2n) is 29.5. The summed E-state index contributed by atoms with van der Waals surface area (Å²) in [7, 11) is 0. The highest BCUT2D eigenvalue weighted by molar-refractivity contribution is 5.44. The van der Waals surface area contributed by atoms with Crippen LogP contribution in [-0.2, 0) is 29.1 Å². The highest BCUT2D eigenvalue weighted by atomic mass is 16.3. The van der Waals surface area contributed by atoms with Gasteiger partial charge in [-0.05, 0) is 223 Å². The van der Waals surface area contributed by atoms with Crippen molar-refractivity contribution in [3.05, 3.63) is 123 Å². The van der Waals surface area contributed by atoms with Crippen LogP contribution in [0.25, 0.3) is 0 Å². The van der Waals surface area contributed by atoms with Crippen molar-refractivity contribution in [1.29, 1.82) is 0 Å². The Balaban J connectivity index is 0.000000211. The summed E-state index contributed by atoms with van der Waals surface area (Å²) in [4.78, 5) is 0. The Bertz CT molecular complexity index is 2560. The van der Waals surface area contributed by atoms with Crippen LogP contribution in [0.1, 0.15) is 350 Å². The van der Waals surface area contributed by atoms with E-state index in [2.05, 4.69) is 145 Å². The molecule has 9 unspecified atom stereocenters. The summed E-state index contributed by atoms with van der Waals surface area (Å²) in [6.45, 7) is 29.6. The van der Waals surface area contributed by atoms with Crippen LogP contribution in [0.3, 0.4) is 0 Å². The molecule has 4 aliphatic rings. The molecule has 4 saturated carbocycles. The summed E-state index contributed by atoms with van der Waals surface area (Å²) in [5.74, 6) is 4.52. The van der Waals surface area contributed by atoms with Crippen LogP contribution < -0.4 is 0 Å². The van der Waals surface area contributed by atoms with E-state index in [4.69, 9.17) is 0 Å². The van der Waals surface area contributed by atoms with Crippen molar-refractivity contribution in [3.63, 3.8) is 0 Å². The highest BCUT2D eigenvalue weighted by Crippen LogP contribution is 2.46. The van der Waals surface area contributed by atoms with Crippen LogP contribution in [0, 0.1) is 11.8 Å². The van der Waals surface area contributed by atoms with Crippen molar-refractivity contribution >= 4 is 0 Å². The zero-order valence-electron chi connectivity index (χ0n) is 57.2.